The molecular formula is C35H42O9. The molecule has 44 heavy (non-hydrogen) atoms. The number of benzene rings is 2. The number of carbonyl (C=O) groups is 2. The summed E-state index contributed by atoms with van der Waals surface area (Å²) in [6.07, 6.45) is -1.88. The first-order valence-corrected chi connectivity index (χ1v) is 15.5. The molecule has 0 heterocycles. The number of rotatable bonds is 5. The van der Waals surface area contributed by atoms with Crippen molar-refractivity contribution in [1.29, 1.82) is 0 Å². The van der Waals surface area contributed by atoms with Gasteiger partial charge in [0.2, 0.25) is 0 Å². The van der Waals surface area contributed by atoms with Crippen LogP contribution in [0.5, 0.6) is 0 Å². The molecule has 5 N–H and O–H groups in total. The minimum atomic E-state index is -2.17. The summed E-state index contributed by atoms with van der Waals surface area (Å²) in [6.45, 7) is 5.05. The summed E-state index contributed by atoms with van der Waals surface area (Å²) in [7, 11) is 0. The topological polar surface area (TPSA) is 154 Å². The maximum atomic E-state index is 13.6. The molecule has 9 nitrogen and oxygen atoms in total. The van der Waals surface area contributed by atoms with Crippen molar-refractivity contribution in [2.24, 2.45) is 16.7 Å². The van der Waals surface area contributed by atoms with Crippen molar-refractivity contribution in [1.82, 2.24) is 0 Å². The Labute approximate surface area is 257 Å². The Bertz CT molecular complexity index is 1460. The van der Waals surface area contributed by atoms with Crippen molar-refractivity contribution in [3.8, 4) is 0 Å². The molecule has 236 valence electrons. The van der Waals surface area contributed by atoms with Crippen LogP contribution in [-0.4, -0.2) is 78.7 Å². The number of aliphatic hydroxyl groups is 5. The SMILES string of the molecule is C[C@H](OC(=O)c1ccccc1)[C@]1(O)CC[C@]2(O)[C@]3(O)[C@H](O)C=C4C[C@@H](O)CC[C@]4(C)[C@H]3C[C@@H](OC(=O)c3ccccc3)[C@@]21C. The second kappa shape index (κ2) is 10.5. The van der Waals surface area contributed by atoms with Gasteiger partial charge in [-0.2, -0.15) is 0 Å². The third kappa shape index (κ3) is 4.09. The molecule has 3 fully saturated rings. The van der Waals surface area contributed by atoms with Gasteiger partial charge in [-0.05, 0) is 75.1 Å². The van der Waals surface area contributed by atoms with Crippen molar-refractivity contribution in [3.63, 3.8) is 0 Å². The molecule has 3 saturated carbocycles. The fourth-order valence-electron chi connectivity index (χ4n) is 9.18. The molecule has 0 bridgehead atoms. The zero-order chi connectivity index (χ0) is 31.7. The van der Waals surface area contributed by atoms with Crippen LogP contribution in [0.4, 0.5) is 0 Å². The van der Waals surface area contributed by atoms with Gasteiger partial charge in [0.1, 0.15) is 35.1 Å². The quantitative estimate of drug-likeness (QED) is 0.255. The molecule has 0 aromatic heterocycles. The van der Waals surface area contributed by atoms with E-state index in [0.29, 0.717) is 19.3 Å². The standard InChI is InChI=1S/C35H42O9/c1-21(43-29(38)22-10-6-4-7-11-22)33(40)16-17-34(41)32(33,3)28(44-30(39)23-12-8-5-9-13-23)20-26-31(2)15-14-25(36)18-24(31)19-27(37)35(26,34)42/h4-13,19,21,25-28,36-37,40-42H,14-18,20H2,1-3H3/t21-,25-,26+,27+,28+,31-,32+,33+,34+,35+/m0/s1. The molecular weight excluding hydrogens is 564 g/mol. The lowest BCUT2D eigenvalue weighted by Gasteiger charge is -2.68. The van der Waals surface area contributed by atoms with Crippen molar-refractivity contribution in [3.05, 3.63) is 83.4 Å². The van der Waals surface area contributed by atoms with Crippen LogP contribution in [0, 0.1) is 16.7 Å². The third-order valence-corrected chi connectivity index (χ3v) is 11.9. The van der Waals surface area contributed by atoms with Gasteiger partial charge in [0.05, 0.1) is 22.6 Å². The fraction of sp³-hybridized carbons (Fsp3) is 0.543. The fourth-order valence-corrected chi connectivity index (χ4v) is 9.18. The van der Waals surface area contributed by atoms with E-state index in [4.69, 9.17) is 9.47 Å². The van der Waals surface area contributed by atoms with Crippen LogP contribution in [-0.2, 0) is 9.47 Å². The van der Waals surface area contributed by atoms with Crippen LogP contribution in [0.15, 0.2) is 72.3 Å². The molecule has 4 aliphatic rings. The van der Waals surface area contributed by atoms with Crippen LogP contribution in [0.1, 0.15) is 80.0 Å². The minimum absolute atomic E-state index is 0.0105. The summed E-state index contributed by atoms with van der Waals surface area (Å²) in [6, 6.07) is 16.7. The first kappa shape index (κ1) is 30.9. The lowest BCUT2D eigenvalue weighted by molar-refractivity contribution is -0.341. The van der Waals surface area contributed by atoms with Crippen LogP contribution in [0.3, 0.4) is 0 Å². The number of ether oxygens (including phenoxy) is 2. The number of hydrogen-bond acceptors (Lipinski definition) is 9. The van der Waals surface area contributed by atoms with Crippen molar-refractivity contribution in [2.75, 3.05) is 0 Å². The largest absolute Gasteiger partial charge is 0.458 e. The second-order valence-electron chi connectivity index (χ2n) is 13.7. The van der Waals surface area contributed by atoms with Crippen LogP contribution < -0.4 is 0 Å². The Morgan fingerprint density at radius 3 is 2.07 bits per heavy atom. The molecule has 2 aromatic rings. The third-order valence-electron chi connectivity index (χ3n) is 11.9. The minimum Gasteiger partial charge on any atom is -0.458 e. The molecule has 0 radical (unpaired) electrons. The lowest BCUT2D eigenvalue weighted by Crippen LogP contribution is -2.81. The van der Waals surface area contributed by atoms with Gasteiger partial charge in [0.25, 0.3) is 0 Å². The van der Waals surface area contributed by atoms with E-state index < -0.39 is 69.9 Å². The Hall–Kier alpha value is -3.08. The molecule has 10 atom stereocenters. The highest BCUT2D eigenvalue weighted by molar-refractivity contribution is 5.90. The first-order chi connectivity index (χ1) is 20.7. The summed E-state index contributed by atoms with van der Waals surface area (Å²) in [5, 5.41) is 60.2. The Balaban J connectivity index is 1.46. The number of carbonyl (C=O) groups excluding carboxylic acids is 2. The molecule has 0 saturated heterocycles. The van der Waals surface area contributed by atoms with Crippen LogP contribution in [0.2, 0.25) is 0 Å². The highest BCUT2D eigenvalue weighted by Gasteiger charge is 2.83. The van der Waals surface area contributed by atoms with E-state index in [1.54, 1.807) is 73.7 Å². The van der Waals surface area contributed by atoms with Gasteiger partial charge in [-0.1, -0.05) is 61.9 Å². The number of esters is 2. The van der Waals surface area contributed by atoms with Gasteiger partial charge >= 0.3 is 11.9 Å². The molecule has 0 aliphatic heterocycles. The molecule has 0 amide bonds. The summed E-state index contributed by atoms with van der Waals surface area (Å²) < 4.78 is 12.0. The van der Waals surface area contributed by atoms with Gasteiger partial charge in [0.15, 0.2) is 0 Å². The highest BCUT2D eigenvalue weighted by atomic mass is 16.6. The van der Waals surface area contributed by atoms with Gasteiger partial charge in [0, 0.05) is 5.92 Å². The second-order valence-corrected chi connectivity index (χ2v) is 13.7. The molecule has 0 unspecified atom stereocenters. The maximum Gasteiger partial charge on any atom is 0.338 e. The monoisotopic (exact) mass is 606 g/mol. The first-order valence-electron chi connectivity index (χ1n) is 15.5. The highest BCUT2D eigenvalue weighted by Crippen LogP contribution is 2.71. The summed E-state index contributed by atoms with van der Waals surface area (Å²) in [5.41, 5.74) is -7.46. The van der Waals surface area contributed by atoms with Crippen molar-refractivity contribution >= 4 is 11.9 Å². The van der Waals surface area contributed by atoms with Crippen molar-refractivity contribution in [2.45, 2.75) is 101 Å². The number of fused-ring (bicyclic) bond motifs is 5. The van der Waals surface area contributed by atoms with E-state index in [1.807, 2.05) is 6.92 Å². The Kier molecular flexibility index (Phi) is 7.37. The van der Waals surface area contributed by atoms with E-state index in [-0.39, 0.29) is 30.4 Å². The Morgan fingerprint density at radius 1 is 0.864 bits per heavy atom. The maximum absolute atomic E-state index is 13.6. The average molecular weight is 607 g/mol. The van der Waals surface area contributed by atoms with Gasteiger partial charge < -0.3 is 35.0 Å². The van der Waals surface area contributed by atoms with E-state index in [0.717, 1.165) is 5.57 Å². The van der Waals surface area contributed by atoms with Gasteiger partial charge in [-0.25, -0.2) is 9.59 Å². The van der Waals surface area contributed by atoms with Crippen molar-refractivity contribution < 1.29 is 44.6 Å². The van der Waals surface area contributed by atoms with Gasteiger partial charge in [-0.3, -0.25) is 0 Å². The average Bonchev–Trinajstić information content (AvgIpc) is 3.24. The number of hydrogen-bond donors (Lipinski definition) is 5. The zero-order valence-electron chi connectivity index (χ0n) is 25.3. The predicted molar refractivity (Wildman–Crippen MR) is 159 cm³/mol. The molecule has 6 rings (SSSR count). The zero-order valence-corrected chi connectivity index (χ0v) is 25.3. The molecule has 4 aliphatic carbocycles. The van der Waals surface area contributed by atoms with Gasteiger partial charge in [-0.15, -0.1) is 0 Å². The summed E-state index contributed by atoms with van der Waals surface area (Å²) in [4.78, 5) is 26.7. The van der Waals surface area contributed by atoms with E-state index in [1.165, 1.54) is 6.92 Å². The van der Waals surface area contributed by atoms with E-state index >= 15 is 0 Å². The molecule has 9 heteroatoms. The Morgan fingerprint density at radius 2 is 1.45 bits per heavy atom. The lowest BCUT2D eigenvalue weighted by atomic mass is 9.41. The summed E-state index contributed by atoms with van der Waals surface area (Å²) in [5.74, 6) is -2.12. The normalized spacial score (nSPS) is 41.8. The summed E-state index contributed by atoms with van der Waals surface area (Å²) >= 11 is 0. The molecule has 0 spiro atoms. The van der Waals surface area contributed by atoms with E-state index in [2.05, 4.69) is 0 Å². The van der Waals surface area contributed by atoms with Crippen LogP contribution >= 0.6 is 0 Å². The smallest absolute Gasteiger partial charge is 0.338 e. The predicted octanol–water partition coefficient (Wildman–Crippen LogP) is 3.32. The van der Waals surface area contributed by atoms with Crippen LogP contribution in [0.25, 0.3) is 0 Å². The molecule has 2 aromatic carbocycles. The number of aliphatic hydroxyl groups excluding tert-OH is 2. The van der Waals surface area contributed by atoms with E-state index in [9.17, 15) is 35.1 Å².